The number of ether oxygens (including phenoxy) is 1. The largest absolute Gasteiger partial charge is 0.452 e. The van der Waals surface area contributed by atoms with Crippen LogP contribution in [0.1, 0.15) is 72.0 Å². The number of esters is 1. The Hall–Kier alpha value is -2.56. The fourth-order valence-corrected chi connectivity index (χ4v) is 3.62. The molecule has 5 nitrogen and oxygen atoms in total. The third-order valence-electron chi connectivity index (χ3n) is 5.07. The molecule has 1 saturated carbocycles. The number of hydrogen-bond acceptors (Lipinski definition) is 3. The molecule has 0 bridgehead atoms. The Morgan fingerprint density at radius 3 is 2.56 bits per heavy atom. The van der Waals surface area contributed by atoms with Gasteiger partial charge in [-0.05, 0) is 44.7 Å². The molecule has 3 rings (SSSR count). The molecular formula is C22H28N2O3. The van der Waals surface area contributed by atoms with E-state index in [2.05, 4.69) is 16.8 Å². The summed E-state index contributed by atoms with van der Waals surface area (Å²) in [4.78, 5) is 24.8. The molecule has 1 aromatic carbocycles. The minimum atomic E-state index is -0.433. The number of aromatic nitrogens is 1. The Morgan fingerprint density at radius 1 is 1.22 bits per heavy atom. The number of hydrogen-bond donors (Lipinski definition) is 1. The summed E-state index contributed by atoms with van der Waals surface area (Å²) >= 11 is 0. The fourth-order valence-electron chi connectivity index (χ4n) is 3.62. The van der Waals surface area contributed by atoms with E-state index in [-0.39, 0.29) is 18.6 Å². The Morgan fingerprint density at radius 2 is 1.93 bits per heavy atom. The molecule has 144 valence electrons. The maximum Gasteiger partial charge on any atom is 0.340 e. The summed E-state index contributed by atoms with van der Waals surface area (Å²) in [7, 11) is 0. The van der Waals surface area contributed by atoms with E-state index >= 15 is 0 Å². The zero-order chi connectivity index (χ0) is 19.4. The van der Waals surface area contributed by atoms with Crippen LogP contribution in [0.25, 0.3) is 0 Å². The summed E-state index contributed by atoms with van der Waals surface area (Å²) in [5.74, 6) is -0.710. The van der Waals surface area contributed by atoms with Crippen molar-refractivity contribution in [3.05, 3.63) is 58.9 Å². The molecular weight excluding hydrogens is 340 g/mol. The first-order valence-electron chi connectivity index (χ1n) is 9.71. The van der Waals surface area contributed by atoms with Gasteiger partial charge in [0.05, 0.1) is 11.6 Å². The summed E-state index contributed by atoms with van der Waals surface area (Å²) in [5, 5.41) is 2.98. The minimum Gasteiger partial charge on any atom is -0.452 e. The molecule has 1 aromatic heterocycles. The van der Waals surface area contributed by atoms with Gasteiger partial charge in [0.1, 0.15) is 0 Å². The van der Waals surface area contributed by atoms with Crippen molar-refractivity contribution in [2.75, 3.05) is 6.61 Å². The third-order valence-corrected chi connectivity index (χ3v) is 5.07. The molecule has 0 saturated heterocycles. The molecule has 27 heavy (non-hydrogen) atoms. The van der Waals surface area contributed by atoms with E-state index in [0.29, 0.717) is 11.6 Å². The van der Waals surface area contributed by atoms with Gasteiger partial charge in [-0.1, -0.05) is 43.7 Å². The number of carbonyl (C=O) groups excluding carboxylic acids is 2. The van der Waals surface area contributed by atoms with Crippen LogP contribution in [0.3, 0.4) is 0 Å². The van der Waals surface area contributed by atoms with Gasteiger partial charge >= 0.3 is 5.97 Å². The van der Waals surface area contributed by atoms with Gasteiger partial charge in [-0.15, -0.1) is 0 Å². The SMILES string of the molecule is CCC[C@@H](NC(=O)COC(=O)c1cc(C)n(C2CC2)c1C)c1ccccc1. The Kier molecular flexibility index (Phi) is 5.99. The Bertz CT molecular complexity index is 806. The standard InChI is InChI=1S/C22H28N2O3/c1-4-8-20(17-9-6-5-7-10-17)23-21(25)14-27-22(26)19-13-15(2)24(16(19)3)18-11-12-18/h5-7,9-10,13,18,20H,4,8,11-12,14H2,1-3H3,(H,23,25)/t20-/m1/s1. The topological polar surface area (TPSA) is 60.3 Å². The molecule has 0 aliphatic heterocycles. The van der Waals surface area contributed by atoms with Crippen molar-refractivity contribution in [3.63, 3.8) is 0 Å². The zero-order valence-electron chi connectivity index (χ0n) is 16.3. The second kappa shape index (κ2) is 8.42. The minimum absolute atomic E-state index is 0.0673. The molecule has 1 aliphatic rings. The third kappa shape index (κ3) is 4.59. The molecule has 0 unspecified atom stereocenters. The molecule has 5 heteroatoms. The summed E-state index contributed by atoms with van der Waals surface area (Å²) in [6.07, 6.45) is 4.11. The van der Waals surface area contributed by atoms with Crippen LogP contribution in [0.5, 0.6) is 0 Å². The number of amides is 1. The van der Waals surface area contributed by atoms with Gasteiger partial charge in [0.15, 0.2) is 6.61 Å². The van der Waals surface area contributed by atoms with Gasteiger partial charge in [0.2, 0.25) is 0 Å². The second-order valence-electron chi connectivity index (χ2n) is 7.28. The van der Waals surface area contributed by atoms with Crippen molar-refractivity contribution in [2.24, 2.45) is 0 Å². The number of rotatable bonds is 8. The molecule has 0 radical (unpaired) electrons. The van der Waals surface area contributed by atoms with E-state index in [1.54, 1.807) is 0 Å². The smallest absolute Gasteiger partial charge is 0.340 e. The number of nitrogens with zero attached hydrogens (tertiary/aromatic N) is 1. The number of aryl methyl sites for hydroxylation is 1. The highest BCUT2D eigenvalue weighted by Crippen LogP contribution is 2.38. The normalized spacial score (nSPS) is 14.6. The quantitative estimate of drug-likeness (QED) is 0.709. The Balaban J connectivity index is 1.58. The van der Waals surface area contributed by atoms with Gasteiger partial charge in [0, 0.05) is 17.4 Å². The number of carbonyl (C=O) groups is 2. The van der Waals surface area contributed by atoms with Crippen LogP contribution >= 0.6 is 0 Å². The fraction of sp³-hybridized carbons (Fsp3) is 0.455. The van der Waals surface area contributed by atoms with Crippen molar-refractivity contribution < 1.29 is 14.3 Å². The van der Waals surface area contributed by atoms with Crippen molar-refractivity contribution in [3.8, 4) is 0 Å². The lowest BCUT2D eigenvalue weighted by molar-refractivity contribution is -0.125. The molecule has 2 aromatic rings. The van der Waals surface area contributed by atoms with E-state index in [4.69, 9.17) is 4.74 Å². The maximum atomic E-state index is 12.4. The highest BCUT2D eigenvalue weighted by molar-refractivity contribution is 5.92. The first-order valence-corrected chi connectivity index (χ1v) is 9.71. The van der Waals surface area contributed by atoms with Crippen LogP contribution in [0.4, 0.5) is 0 Å². The molecule has 1 aliphatic carbocycles. The van der Waals surface area contributed by atoms with Gasteiger partial charge in [-0.3, -0.25) is 4.79 Å². The molecule has 1 N–H and O–H groups in total. The summed E-state index contributed by atoms with van der Waals surface area (Å²) < 4.78 is 7.49. The van der Waals surface area contributed by atoms with E-state index in [9.17, 15) is 9.59 Å². The van der Waals surface area contributed by atoms with Gasteiger partial charge in [0.25, 0.3) is 5.91 Å². The lowest BCUT2D eigenvalue weighted by Crippen LogP contribution is -2.32. The maximum absolute atomic E-state index is 12.4. The predicted molar refractivity (Wildman–Crippen MR) is 105 cm³/mol. The number of nitrogens with one attached hydrogen (secondary N) is 1. The Labute approximate surface area is 160 Å². The predicted octanol–water partition coefficient (Wildman–Crippen LogP) is 4.25. The zero-order valence-corrected chi connectivity index (χ0v) is 16.3. The van der Waals surface area contributed by atoms with E-state index in [1.807, 2.05) is 50.2 Å². The molecule has 1 amide bonds. The van der Waals surface area contributed by atoms with Crippen LogP contribution in [-0.4, -0.2) is 23.1 Å². The van der Waals surface area contributed by atoms with Crippen LogP contribution < -0.4 is 5.32 Å². The van der Waals surface area contributed by atoms with E-state index in [1.165, 1.54) is 0 Å². The lowest BCUT2D eigenvalue weighted by atomic mass is 10.0. The van der Waals surface area contributed by atoms with Crippen molar-refractivity contribution >= 4 is 11.9 Å². The van der Waals surface area contributed by atoms with Crippen molar-refractivity contribution in [1.29, 1.82) is 0 Å². The van der Waals surface area contributed by atoms with Crippen LogP contribution in [0.2, 0.25) is 0 Å². The van der Waals surface area contributed by atoms with Gasteiger partial charge < -0.3 is 14.6 Å². The van der Waals surface area contributed by atoms with Crippen molar-refractivity contribution in [1.82, 2.24) is 9.88 Å². The molecule has 0 spiro atoms. The summed E-state index contributed by atoms with van der Waals surface area (Å²) in [5.41, 5.74) is 3.61. The van der Waals surface area contributed by atoms with E-state index in [0.717, 1.165) is 42.6 Å². The summed E-state index contributed by atoms with van der Waals surface area (Å²) in [6, 6.07) is 12.2. The highest BCUT2D eigenvalue weighted by atomic mass is 16.5. The van der Waals surface area contributed by atoms with Gasteiger partial charge in [-0.2, -0.15) is 0 Å². The molecule has 1 heterocycles. The van der Waals surface area contributed by atoms with Gasteiger partial charge in [-0.25, -0.2) is 4.79 Å². The first kappa shape index (κ1) is 19.2. The first-order chi connectivity index (χ1) is 13.0. The lowest BCUT2D eigenvalue weighted by Gasteiger charge is -2.18. The molecule has 1 atom stereocenters. The summed E-state index contributed by atoms with van der Waals surface area (Å²) in [6.45, 7) is 5.76. The number of benzene rings is 1. The average molecular weight is 368 g/mol. The van der Waals surface area contributed by atoms with Crippen molar-refractivity contribution in [2.45, 2.75) is 58.5 Å². The molecule has 1 fully saturated rings. The van der Waals surface area contributed by atoms with Crippen LogP contribution in [-0.2, 0) is 9.53 Å². The van der Waals surface area contributed by atoms with Crippen LogP contribution in [0, 0.1) is 13.8 Å². The monoisotopic (exact) mass is 368 g/mol. The van der Waals surface area contributed by atoms with Crippen LogP contribution in [0.15, 0.2) is 36.4 Å². The van der Waals surface area contributed by atoms with E-state index < -0.39 is 5.97 Å². The highest BCUT2D eigenvalue weighted by Gasteiger charge is 2.29. The average Bonchev–Trinajstić information content (AvgIpc) is 3.45. The second-order valence-corrected chi connectivity index (χ2v) is 7.28.